The summed E-state index contributed by atoms with van der Waals surface area (Å²) < 4.78 is 13.1. The number of carbonyl (C=O) groups is 1. The fourth-order valence-electron chi connectivity index (χ4n) is 1.54. The van der Waals surface area contributed by atoms with Gasteiger partial charge in [-0.3, -0.25) is 0 Å². The summed E-state index contributed by atoms with van der Waals surface area (Å²) in [4.78, 5) is 14.9. The zero-order valence-corrected chi connectivity index (χ0v) is 10.7. The first-order valence-corrected chi connectivity index (χ1v) is 5.77. The highest BCUT2D eigenvalue weighted by atomic mass is 35.5. The Balaban J connectivity index is 2.36. The van der Waals surface area contributed by atoms with Crippen molar-refractivity contribution in [1.82, 2.24) is 4.98 Å². The fraction of sp³-hybridized carbons (Fsp3) is 0.0769. The van der Waals surface area contributed by atoms with Crippen LogP contribution in [0, 0.1) is 12.7 Å². The van der Waals surface area contributed by atoms with E-state index in [9.17, 15) is 9.18 Å². The van der Waals surface area contributed by atoms with E-state index >= 15 is 0 Å². The average Bonchev–Trinajstić information content (AvgIpc) is 2.36. The predicted octanol–water partition coefficient (Wildman–Crippen LogP) is 3.62. The van der Waals surface area contributed by atoms with Gasteiger partial charge in [-0.05, 0) is 30.7 Å². The van der Waals surface area contributed by atoms with E-state index in [-0.39, 0.29) is 22.2 Å². The van der Waals surface area contributed by atoms with Gasteiger partial charge in [0.05, 0.1) is 10.6 Å². The van der Waals surface area contributed by atoms with E-state index in [1.54, 1.807) is 13.0 Å². The molecule has 2 rings (SSSR count). The summed E-state index contributed by atoms with van der Waals surface area (Å²) >= 11 is 5.72. The van der Waals surface area contributed by atoms with Crippen molar-refractivity contribution in [2.24, 2.45) is 0 Å². The average molecular weight is 281 g/mol. The Kier molecular flexibility index (Phi) is 3.66. The third-order valence-electron chi connectivity index (χ3n) is 2.55. The second-order valence-corrected chi connectivity index (χ2v) is 4.35. The lowest BCUT2D eigenvalue weighted by Gasteiger charge is -2.09. The number of rotatable bonds is 3. The number of anilines is 2. The summed E-state index contributed by atoms with van der Waals surface area (Å²) in [5.41, 5.74) is 1.27. The first-order chi connectivity index (χ1) is 8.97. The molecule has 19 heavy (non-hydrogen) atoms. The first kappa shape index (κ1) is 13.3. The van der Waals surface area contributed by atoms with E-state index in [4.69, 9.17) is 16.7 Å². The van der Waals surface area contributed by atoms with Gasteiger partial charge in [-0.2, -0.15) is 0 Å². The molecule has 1 heterocycles. The summed E-state index contributed by atoms with van der Waals surface area (Å²) in [6, 6.07) is 5.57. The molecule has 0 saturated heterocycles. The van der Waals surface area contributed by atoms with Crippen LogP contribution in [0.4, 0.5) is 15.9 Å². The summed E-state index contributed by atoms with van der Waals surface area (Å²) in [5.74, 6) is -1.25. The second-order valence-electron chi connectivity index (χ2n) is 3.94. The zero-order chi connectivity index (χ0) is 14.0. The van der Waals surface area contributed by atoms with E-state index in [2.05, 4.69) is 10.3 Å². The normalized spacial score (nSPS) is 10.3. The lowest BCUT2D eigenvalue weighted by molar-refractivity contribution is 0.0697. The number of aryl methyl sites for hydroxylation is 1. The molecule has 0 aliphatic heterocycles. The van der Waals surface area contributed by atoms with Crippen LogP contribution in [0.15, 0.2) is 30.5 Å². The van der Waals surface area contributed by atoms with Crippen molar-refractivity contribution in [2.75, 3.05) is 5.32 Å². The number of carboxylic acid groups (broad SMARTS) is 1. The molecule has 6 heteroatoms. The molecule has 0 bridgehead atoms. The second kappa shape index (κ2) is 5.24. The molecule has 0 fully saturated rings. The van der Waals surface area contributed by atoms with E-state index in [0.29, 0.717) is 5.69 Å². The van der Waals surface area contributed by atoms with Crippen LogP contribution in [0.1, 0.15) is 15.9 Å². The Morgan fingerprint density at radius 3 is 2.84 bits per heavy atom. The number of halogens is 2. The molecule has 98 valence electrons. The maximum Gasteiger partial charge on any atom is 0.337 e. The number of benzene rings is 1. The van der Waals surface area contributed by atoms with Crippen molar-refractivity contribution in [3.8, 4) is 0 Å². The number of pyridine rings is 1. The number of hydrogen-bond donors (Lipinski definition) is 2. The van der Waals surface area contributed by atoms with Gasteiger partial charge in [-0.25, -0.2) is 14.2 Å². The van der Waals surface area contributed by atoms with Crippen LogP contribution in [0.2, 0.25) is 5.02 Å². The molecule has 0 amide bonds. The van der Waals surface area contributed by atoms with Crippen molar-refractivity contribution >= 4 is 29.1 Å². The van der Waals surface area contributed by atoms with Crippen molar-refractivity contribution in [3.63, 3.8) is 0 Å². The predicted molar refractivity (Wildman–Crippen MR) is 70.6 cm³/mol. The summed E-state index contributed by atoms with van der Waals surface area (Å²) in [5, 5.41) is 11.9. The molecule has 0 spiro atoms. The molecule has 2 N–H and O–H groups in total. The molecular weight excluding hydrogens is 271 g/mol. The van der Waals surface area contributed by atoms with Crippen LogP contribution in [-0.2, 0) is 0 Å². The maximum atomic E-state index is 13.1. The Bertz CT molecular complexity index is 647. The molecule has 0 saturated carbocycles. The van der Waals surface area contributed by atoms with Crippen molar-refractivity contribution < 1.29 is 14.3 Å². The SMILES string of the molecule is Cc1ccc(F)cc1Nc1cc(C(=O)O)c(Cl)cn1. The summed E-state index contributed by atoms with van der Waals surface area (Å²) in [7, 11) is 0. The number of hydrogen-bond acceptors (Lipinski definition) is 3. The standard InChI is InChI=1S/C13H10ClFN2O2/c1-7-2-3-8(15)4-11(7)17-12-5-9(13(18)19)10(14)6-16-12/h2-6H,1H3,(H,16,17)(H,18,19). The minimum absolute atomic E-state index is 0.0500. The number of nitrogens with zero attached hydrogens (tertiary/aromatic N) is 1. The molecule has 0 aliphatic rings. The van der Waals surface area contributed by atoms with Crippen molar-refractivity contribution in [2.45, 2.75) is 6.92 Å². The van der Waals surface area contributed by atoms with Crippen LogP contribution in [0.3, 0.4) is 0 Å². The molecule has 4 nitrogen and oxygen atoms in total. The molecule has 1 aromatic carbocycles. The molecule has 0 unspecified atom stereocenters. The Morgan fingerprint density at radius 2 is 2.16 bits per heavy atom. The minimum atomic E-state index is -1.15. The number of aromatic nitrogens is 1. The Hall–Kier alpha value is -2.14. The number of aromatic carboxylic acids is 1. The van der Waals surface area contributed by atoms with E-state index in [0.717, 1.165) is 5.56 Å². The Morgan fingerprint density at radius 1 is 1.42 bits per heavy atom. The van der Waals surface area contributed by atoms with Crippen LogP contribution in [-0.4, -0.2) is 16.1 Å². The van der Waals surface area contributed by atoms with Gasteiger partial charge >= 0.3 is 5.97 Å². The van der Waals surface area contributed by atoms with Gasteiger partial charge in [0.2, 0.25) is 0 Å². The van der Waals surface area contributed by atoms with Crippen LogP contribution < -0.4 is 5.32 Å². The molecular formula is C13H10ClFN2O2. The smallest absolute Gasteiger partial charge is 0.337 e. The van der Waals surface area contributed by atoms with Gasteiger partial charge in [0, 0.05) is 11.9 Å². The highest BCUT2D eigenvalue weighted by molar-refractivity contribution is 6.33. The molecule has 0 radical (unpaired) electrons. The highest BCUT2D eigenvalue weighted by Gasteiger charge is 2.11. The highest BCUT2D eigenvalue weighted by Crippen LogP contribution is 2.23. The topological polar surface area (TPSA) is 62.2 Å². The lowest BCUT2D eigenvalue weighted by atomic mass is 10.2. The lowest BCUT2D eigenvalue weighted by Crippen LogP contribution is -2.02. The minimum Gasteiger partial charge on any atom is -0.478 e. The molecule has 0 atom stereocenters. The summed E-state index contributed by atoms with van der Waals surface area (Å²) in [6.45, 7) is 1.80. The third kappa shape index (κ3) is 3.00. The van der Waals surface area contributed by atoms with Crippen LogP contribution >= 0.6 is 11.6 Å². The number of nitrogens with one attached hydrogen (secondary N) is 1. The van der Waals surface area contributed by atoms with Gasteiger partial charge in [0.25, 0.3) is 0 Å². The van der Waals surface area contributed by atoms with Gasteiger partial charge in [-0.1, -0.05) is 17.7 Å². The van der Waals surface area contributed by atoms with Crippen molar-refractivity contribution in [3.05, 3.63) is 52.4 Å². The third-order valence-corrected chi connectivity index (χ3v) is 2.85. The van der Waals surface area contributed by atoms with Gasteiger partial charge in [0.15, 0.2) is 0 Å². The monoisotopic (exact) mass is 280 g/mol. The number of carboxylic acids is 1. The van der Waals surface area contributed by atoms with Crippen LogP contribution in [0.25, 0.3) is 0 Å². The quantitative estimate of drug-likeness (QED) is 0.901. The molecule has 2 aromatic rings. The van der Waals surface area contributed by atoms with E-state index in [1.165, 1.54) is 24.4 Å². The van der Waals surface area contributed by atoms with Gasteiger partial charge in [-0.15, -0.1) is 0 Å². The van der Waals surface area contributed by atoms with Gasteiger partial charge < -0.3 is 10.4 Å². The Labute approximate surface area is 113 Å². The van der Waals surface area contributed by atoms with Crippen LogP contribution in [0.5, 0.6) is 0 Å². The molecule has 0 aliphatic carbocycles. The maximum absolute atomic E-state index is 13.1. The van der Waals surface area contributed by atoms with Crippen molar-refractivity contribution in [1.29, 1.82) is 0 Å². The molecule has 1 aromatic heterocycles. The van der Waals surface area contributed by atoms with E-state index in [1.807, 2.05) is 0 Å². The van der Waals surface area contributed by atoms with E-state index < -0.39 is 5.97 Å². The zero-order valence-electron chi connectivity index (χ0n) is 9.95. The van der Waals surface area contributed by atoms with Gasteiger partial charge in [0.1, 0.15) is 11.6 Å². The largest absolute Gasteiger partial charge is 0.478 e. The fourth-order valence-corrected chi connectivity index (χ4v) is 1.72. The first-order valence-electron chi connectivity index (χ1n) is 5.39. The summed E-state index contributed by atoms with van der Waals surface area (Å²) in [6.07, 6.45) is 1.24.